The minimum atomic E-state index is -1.48. The van der Waals surface area contributed by atoms with Gasteiger partial charge in [0.25, 0.3) is 5.56 Å². The van der Waals surface area contributed by atoms with E-state index in [2.05, 4.69) is 54.6 Å². The first-order chi connectivity index (χ1) is 38.6. The Morgan fingerprint density at radius 3 is 2.42 bits per heavy atom. The average Bonchev–Trinajstić information content (AvgIpc) is 4.22. The van der Waals surface area contributed by atoms with Gasteiger partial charge in [-0.3, -0.25) is 24.1 Å². The number of ether oxygens (including phenoxy) is 4. The molecule has 3 aliphatic heterocycles. The monoisotopic (exact) mass is 1100 g/mol. The van der Waals surface area contributed by atoms with Crippen molar-refractivity contribution in [1.82, 2.24) is 19.4 Å². The fourth-order valence-corrected chi connectivity index (χ4v) is 15.2. The normalized spacial score (nSPS) is 26.0. The van der Waals surface area contributed by atoms with E-state index >= 15 is 0 Å². The number of carbonyl (C=O) groups excluding carboxylic acids is 4. The van der Waals surface area contributed by atoms with Crippen LogP contribution < -0.4 is 15.2 Å². The van der Waals surface area contributed by atoms with E-state index in [0.29, 0.717) is 84.7 Å². The molecule has 0 unspecified atom stereocenters. The minimum absolute atomic E-state index is 0.0451. The van der Waals surface area contributed by atoms with E-state index in [9.17, 15) is 29.1 Å². The summed E-state index contributed by atoms with van der Waals surface area (Å²) >= 11 is 0. The quantitative estimate of drug-likeness (QED) is 0.0777. The van der Waals surface area contributed by atoms with E-state index in [1.165, 1.54) is 29.2 Å². The number of aliphatic hydroxyl groups is 1. The number of rotatable bonds is 15. The molecule has 4 aliphatic carbocycles. The third-order valence-corrected chi connectivity index (χ3v) is 19.6. The van der Waals surface area contributed by atoms with Crippen molar-refractivity contribution < 1.29 is 43.2 Å². The predicted octanol–water partition coefficient (Wildman–Crippen LogP) is 11.0. The Morgan fingerprint density at radius 1 is 0.951 bits per heavy atom. The van der Waals surface area contributed by atoms with Gasteiger partial charge in [-0.2, -0.15) is 0 Å². The molecule has 2 aromatic heterocycles. The van der Waals surface area contributed by atoms with Crippen molar-refractivity contribution in [3.8, 4) is 17.1 Å². The van der Waals surface area contributed by atoms with Crippen molar-refractivity contribution in [2.45, 2.75) is 168 Å². The van der Waals surface area contributed by atoms with Crippen LogP contribution in [0.3, 0.4) is 0 Å². The second kappa shape index (κ2) is 21.7. The first kappa shape index (κ1) is 56.4. The number of esters is 1. The molecule has 1 amide bonds. The van der Waals surface area contributed by atoms with Crippen molar-refractivity contribution in [1.29, 1.82) is 0 Å². The first-order valence-electron chi connectivity index (χ1n) is 29.7. The molecule has 2 aromatic carbocycles. The smallest absolute Gasteiger partial charge is 0.415 e. The number of amides is 1. The molecule has 81 heavy (non-hydrogen) atoms. The summed E-state index contributed by atoms with van der Waals surface area (Å²) in [5.74, 6) is 0.954. The molecule has 7 aliphatic rings. The van der Waals surface area contributed by atoms with Crippen LogP contribution >= 0.6 is 0 Å². The number of carbonyl (C=O) groups is 4. The average molecular weight is 1100 g/mol. The lowest BCUT2D eigenvalue weighted by atomic mass is 9.50. The molecule has 0 spiro atoms. The van der Waals surface area contributed by atoms with Gasteiger partial charge in [0.2, 0.25) is 0 Å². The lowest BCUT2D eigenvalue weighted by Gasteiger charge is -2.55. The van der Waals surface area contributed by atoms with Gasteiger partial charge in [0, 0.05) is 92.2 Å². The van der Waals surface area contributed by atoms with Gasteiger partial charge in [-0.05, 0) is 163 Å². The van der Waals surface area contributed by atoms with Crippen molar-refractivity contribution in [2.24, 2.45) is 17.3 Å². The number of hydrogen-bond acceptors (Lipinski definition) is 13. The molecule has 1 N–H and O–H groups in total. The SMILES string of the molecule is C=C1OCc2c(cc3n(c2=O)Cc2cc4c(COC(C)(C)C)c(OC(=O)N5CCN(CCCCCCN(C)c6ccc([C@H]7C[C@@]8(C)[C@@H](CC[C@]8(OC(C)=O)C(C)=O)[C@@H]8CCC9=CC(=O)CCC9=C87)cc6)CC5)ccc4nc2-3)[C@@]1(O)CC. The number of hydrogen-bond donors (Lipinski definition) is 1. The highest BCUT2D eigenvalue weighted by atomic mass is 16.6. The minimum Gasteiger partial charge on any atom is -0.490 e. The standard InChI is InChI=1S/C66H81N5O10/c1-10-65(77)41(3)78-38-53-55(65)35-57-60-45(37-71(57)61(53)75)34-50-52(39-79-63(5,6)7)58(24-23-56(50)67-60)80-62(76)70-31-29-69(30-32-70)28-14-12-11-13-27-68(9)46-18-15-43(16-19-46)51-36-64(8)54(25-26-66(64,40(2)72)81-42(4)73)49-21-17-44-33-47(74)20-22-48(44)59(49)51/h15-16,18-19,23-24,33-35,49,51,54,77H,3,10-14,17,20-22,25-32,36-39H2,1-2,4-9H3/t49-,51+,54-,64-,65+,66-/m0/s1. The number of unbranched alkanes of at least 4 members (excludes halogenated alkanes) is 3. The summed E-state index contributed by atoms with van der Waals surface area (Å²) in [5, 5.41) is 12.4. The van der Waals surface area contributed by atoms with Crippen LogP contribution in [0.2, 0.25) is 0 Å². The van der Waals surface area contributed by atoms with Crippen LogP contribution in [0.15, 0.2) is 88.5 Å². The van der Waals surface area contributed by atoms with Crippen LogP contribution in [0.4, 0.5) is 10.5 Å². The number of Topliss-reactive ketones (excluding diaryl/α,β-unsaturated/α-hetero) is 1. The Kier molecular flexibility index (Phi) is 15.1. The highest BCUT2D eigenvalue weighted by Crippen LogP contribution is 2.68. The van der Waals surface area contributed by atoms with E-state index in [1.54, 1.807) is 22.5 Å². The molecule has 3 fully saturated rings. The molecule has 11 rings (SSSR count). The summed E-state index contributed by atoms with van der Waals surface area (Å²) in [6.07, 6.45) is 11.4. The third-order valence-electron chi connectivity index (χ3n) is 19.6. The Hall–Kier alpha value is -6.42. The Morgan fingerprint density at radius 2 is 1.70 bits per heavy atom. The lowest BCUT2D eigenvalue weighted by molar-refractivity contribution is -0.182. The van der Waals surface area contributed by atoms with Gasteiger partial charge in [-0.25, -0.2) is 9.78 Å². The molecule has 1 saturated heterocycles. The zero-order valence-corrected chi connectivity index (χ0v) is 48.8. The first-order valence-corrected chi connectivity index (χ1v) is 29.7. The number of aromatic nitrogens is 2. The Balaban J connectivity index is 0.682. The maximum absolute atomic E-state index is 13.9. The number of allylic oxidation sites excluding steroid dienone is 4. The number of benzene rings is 2. The maximum Gasteiger partial charge on any atom is 0.415 e. The zero-order valence-electron chi connectivity index (χ0n) is 48.8. The highest BCUT2D eigenvalue weighted by molar-refractivity contribution is 5.93. The van der Waals surface area contributed by atoms with Gasteiger partial charge in [0.15, 0.2) is 17.2 Å². The molecular weight excluding hydrogens is 1020 g/mol. The van der Waals surface area contributed by atoms with Gasteiger partial charge in [0.05, 0.1) is 41.2 Å². The van der Waals surface area contributed by atoms with Crippen molar-refractivity contribution in [2.75, 3.05) is 51.2 Å². The fraction of sp³-hybridized carbons (Fsp3) is 0.545. The molecule has 2 saturated carbocycles. The number of ketones is 2. The molecule has 6 atom stereocenters. The maximum atomic E-state index is 13.9. The summed E-state index contributed by atoms with van der Waals surface area (Å²) in [7, 11) is 2.16. The summed E-state index contributed by atoms with van der Waals surface area (Å²) in [6, 6.07) is 16.5. The van der Waals surface area contributed by atoms with Gasteiger partial charge in [0.1, 0.15) is 23.7 Å². The van der Waals surface area contributed by atoms with Crippen LogP contribution in [0.25, 0.3) is 22.3 Å². The van der Waals surface area contributed by atoms with Gasteiger partial charge < -0.3 is 38.4 Å². The van der Waals surface area contributed by atoms with Crippen molar-refractivity contribution in [3.63, 3.8) is 0 Å². The van der Waals surface area contributed by atoms with Crippen LogP contribution in [-0.2, 0) is 54.0 Å². The summed E-state index contributed by atoms with van der Waals surface area (Å²) in [5.41, 5.74) is 7.03. The van der Waals surface area contributed by atoms with Crippen molar-refractivity contribution >= 4 is 40.2 Å². The van der Waals surface area contributed by atoms with Crippen molar-refractivity contribution in [3.05, 3.63) is 122 Å². The summed E-state index contributed by atoms with van der Waals surface area (Å²) in [4.78, 5) is 78.3. The molecule has 15 heteroatoms. The molecule has 15 nitrogen and oxygen atoms in total. The number of pyridine rings is 2. The molecule has 4 aromatic rings. The van der Waals surface area contributed by atoms with Gasteiger partial charge >= 0.3 is 12.1 Å². The number of piperazine rings is 1. The van der Waals surface area contributed by atoms with E-state index < -0.39 is 34.3 Å². The second-order valence-electron chi connectivity index (χ2n) is 25.4. The summed E-state index contributed by atoms with van der Waals surface area (Å²) in [6.45, 7) is 22.1. The zero-order chi connectivity index (χ0) is 57.3. The summed E-state index contributed by atoms with van der Waals surface area (Å²) < 4.78 is 26.1. The third kappa shape index (κ3) is 10.2. The number of fused-ring (bicyclic) bond motifs is 9. The van der Waals surface area contributed by atoms with E-state index in [4.69, 9.17) is 23.9 Å². The molecular formula is C66H81N5O10. The predicted molar refractivity (Wildman–Crippen MR) is 311 cm³/mol. The fourth-order valence-electron chi connectivity index (χ4n) is 15.2. The van der Waals surface area contributed by atoms with E-state index in [0.717, 1.165) is 94.2 Å². The topological polar surface area (TPSA) is 170 Å². The Bertz CT molecular complexity index is 3340. The van der Waals surface area contributed by atoms with Crippen LogP contribution in [0.5, 0.6) is 5.75 Å². The Labute approximate surface area is 476 Å². The molecule has 430 valence electrons. The molecule has 5 heterocycles. The van der Waals surface area contributed by atoms with Crippen LogP contribution in [0, 0.1) is 17.3 Å². The van der Waals surface area contributed by atoms with E-state index in [-0.39, 0.29) is 53.9 Å². The van der Waals surface area contributed by atoms with Gasteiger partial charge in [-0.15, -0.1) is 0 Å². The van der Waals surface area contributed by atoms with Gasteiger partial charge in [-0.1, -0.05) is 51.0 Å². The van der Waals surface area contributed by atoms with E-state index in [1.807, 2.05) is 52.0 Å². The molecule has 0 bridgehead atoms. The second-order valence-corrected chi connectivity index (χ2v) is 25.4. The largest absolute Gasteiger partial charge is 0.490 e. The highest BCUT2D eigenvalue weighted by Gasteiger charge is 2.67. The lowest BCUT2D eigenvalue weighted by Crippen LogP contribution is -2.57. The van der Waals surface area contributed by atoms with Crippen LogP contribution in [0.1, 0.15) is 159 Å². The number of anilines is 1. The molecule has 0 radical (unpaired) electrons. The number of nitrogens with zero attached hydrogens (tertiary/aromatic N) is 5. The van der Waals surface area contributed by atoms with Crippen LogP contribution in [-0.4, -0.2) is 106 Å².